The number of carbonyl (C=O) groups is 2. The average molecular weight is 297 g/mol. The average Bonchev–Trinajstić information content (AvgIpc) is 2.85. The van der Waals surface area contributed by atoms with Crippen molar-refractivity contribution < 1.29 is 14.7 Å². The third-order valence-corrected chi connectivity index (χ3v) is 4.95. The number of primary amides is 1. The second-order valence-electron chi connectivity index (χ2n) is 6.44. The van der Waals surface area contributed by atoms with Gasteiger partial charge in [0.25, 0.3) is 0 Å². The van der Waals surface area contributed by atoms with E-state index in [1.54, 1.807) is 0 Å². The predicted molar refractivity (Wildman–Crippen MR) is 79.4 cm³/mol. The number of aliphatic hydroxyl groups excluding tert-OH is 1. The van der Waals surface area contributed by atoms with Crippen LogP contribution in [0.1, 0.15) is 51.4 Å². The van der Waals surface area contributed by atoms with Gasteiger partial charge in [0.05, 0.1) is 12.1 Å². The summed E-state index contributed by atoms with van der Waals surface area (Å²) >= 11 is 0. The first-order chi connectivity index (χ1) is 10.0. The van der Waals surface area contributed by atoms with Gasteiger partial charge in [0.1, 0.15) is 0 Å². The van der Waals surface area contributed by atoms with Crippen molar-refractivity contribution in [2.45, 2.75) is 63.5 Å². The molecule has 1 heterocycles. The number of nitrogens with two attached hydrogens (primary N) is 1. The van der Waals surface area contributed by atoms with Crippen LogP contribution in [-0.4, -0.2) is 42.2 Å². The second-order valence-corrected chi connectivity index (χ2v) is 6.44. The molecule has 1 unspecified atom stereocenters. The summed E-state index contributed by atoms with van der Waals surface area (Å²) in [4.78, 5) is 23.8. The van der Waals surface area contributed by atoms with Gasteiger partial charge in [0.15, 0.2) is 0 Å². The number of hydrogen-bond acceptors (Lipinski definition) is 4. The molecule has 0 spiro atoms. The third kappa shape index (κ3) is 4.17. The fourth-order valence-corrected chi connectivity index (χ4v) is 3.50. The summed E-state index contributed by atoms with van der Waals surface area (Å²) in [7, 11) is 0. The molecule has 21 heavy (non-hydrogen) atoms. The first-order valence-electron chi connectivity index (χ1n) is 8.01. The molecule has 120 valence electrons. The minimum Gasteiger partial charge on any atom is -0.390 e. The van der Waals surface area contributed by atoms with E-state index >= 15 is 0 Å². The first kappa shape index (κ1) is 16.2. The fraction of sp³-hybridized carbons (Fsp3) is 0.867. The molecule has 0 aromatic heterocycles. The van der Waals surface area contributed by atoms with Crippen molar-refractivity contribution in [1.29, 1.82) is 0 Å². The second kappa shape index (κ2) is 7.22. The van der Waals surface area contributed by atoms with Crippen molar-refractivity contribution in [1.82, 2.24) is 10.6 Å². The Labute approximate surface area is 125 Å². The van der Waals surface area contributed by atoms with Gasteiger partial charge in [-0.3, -0.25) is 9.59 Å². The van der Waals surface area contributed by atoms with Gasteiger partial charge >= 0.3 is 0 Å². The van der Waals surface area contributed by atoms with E-state index in [9.17, 15) is 14.7 Å². The lowest BCUT2D eigenvalue weighted by Crippen LogP contribution is -2.46. The lowest BCUT2D eigenvalue weighted by molar-refractivity contribution is -0.129. The molecule has 1 aliphatic heterocycles. The highest BCUT2D eigenvalue weighted by Gasteiger charge is 2.39. The van der Waals surface area contributed by atoms with Gasteiger partial charge in [-0.15, -0.1) is 0 Å². The molecule has 2 atom stereocenters. The molecular formula is C15H27N3O3. The largest absolute Gasteiger partial charge is 0.390 e. The van der Waals surface area contributed by atoms with Crippen molar-refractivity contribution in [3.63, 3.8) is 0 Å². The molecule has 2 amide bonds. The van der Waals surface area contributed by atoms with Crippen LogP contribution < -0.4 is 16.4 Å². The summed E-state index contributed by atoms with van der Waals surface area (Å²) in [5, 5.41) is 16.0. The SMILES string of the molecule is NC(=O)C1(CCC(=O)NC2CCCNC[C@@H]2O)CCCC1. The summed E-state index contributed by atoms with van der Waals surface area (Å²) in [6.45, 7) is 1.38. The summed E-state index contributed by atoms with van der Waals surface area (Å²) in [5.41, 5.74) is 5.04. The normalized spacial score (nSPS) is 28.8. The monoisotopic (exact) mass is 297 g/mol. The van der Waals surface area contributed by atoms with Crippen LogP contribution in [0.2, 0.25) is 0 Å². The topological polar surface area (TPSA) is 104 Å². The van der Waals surface area contributed by atoms with Crippen molar-refractivity contribution in [3.05, 3.63) is 0 Å². The summed E-state index contributed by atoms with van der Waals surface area (Å²) in [6, 6.07) is -0.194. The van der Waals surface area contributed by atoms with Crippen LogP contribution in [0.15, 0.2) is 0 Å². The van der Waals surface area contributed by atoms with Gasteiger partial charge < -0.3 is 21.5 Å². The molecule has 0 bridgehead atoms. The molecule has 1 saturated heterocycles. The predicted octanol–water partition coefficient (Wildman–Crippen LogP) is 0.0414. The smallest absolute Gasteiger partial charge is 0.223 e. The van der Waals surface area contributed by atoms with Gasteiger partial charge in [0, 0.05) is 18.4 Å². The molecule has 0 aromatic carbocycles. The van der Waals surface area contributed by atoms with Crippen LogP contribution >= 0.6 is 0 Å². The van der Waals surface area contributed by atoms with Gasteiger partial charge in [-0.1, -0.05) is 12.8 Å². The number of rotatable bonds is 5. The van der Waals surface area contributed by atoms with E-state index in [1.165, 1.54) is 0 Å². The van der Waals surface area contributed by atoms with E-state index in [2.05, 4.69) is 10.6 Å². The van der Waals surface area contributed by atoms with Gasteiger partial charge in [-0.2, -0.15) is 0 Å². The van der Waals surface area contributed by atoms with Crippen LogP contribution in [0, 0.1) is 5.41 Å². The summed E-state index contributed by atoms with van der Waals surface area (Å²) in [5.74, 6) is -0.361. The lowest BCUT2D eigenvalue weighted by atomic mass is 9.80. The Morgan fingerprint density at radius 3 is 2.67 bits per heavy atom. The standard InChI is InChI=1S/C15H27N3O3/c16-14(21)15(6-1-2-7-15)8-5-13(20)18-11-4-3-9-17-10-12(11)19/h11-12,17,19H,1-10H2,(H2,16,21)(H,18,20)/t11?,12-/m0/s1. The van der Waals surface area contributed by atoms with Crippen LogP contribution in [0.25, 0.3) is 0 Å². The molecule has 2 aliphatic rings. The van der Waals surface area contributed by atoms with Crippen molar-refractivity contribution >= 4 is 11.8 Å². The maximum absolute atomic E-state index is 12.1. The van der Waals surface area contributed by atoms with Crippen molar-refractivity contribution in [2.75, 3.05) is 13.1 Å². The highest BCUT2D eigenvalue weighted by atomic mass is 16.3. The van der Waals surface area contributed by atoms with Crippen LogP contribution in [0.3, 0.4) is 0 Å². The highest BCUT2D eigenvalue weighted by Crippen LogP contribution is 2.41. The maximum Gasteiger partial charge on any atom is 0.223 e. The fourth-order valence-electron chi connectivity index (χ4n) is 3.50. The molecule has 5 N–H and O–H groups in total. The van der Waals surface area contributed by atoms with E-state index in [0.29, 0.717) is 19.4 Å². The Balaban J connectivity index is 1.82. The quantitative estimate of drug-likeness (QED) is 0.575. The molecule has 0 aromatic rings. The minimum absolute atomic E-state index is 0.0894. The zero-order chi connectivity index (χ0) is 15.3. The zero-order valence-electron chi connectivity index (χ0n) is 12.6. The van der Waals surface area contributed by atoms with Gasteiger partial charge in [-0.25, -0.2) is 0 Å². The minimum atomic E-state index is -0.548. The van der Waals surface area contributed by atoms with Gasteiger partial charge in [-0.05, 0) is 38.6 Å². The van der Waals surface area contributed by atoms with E-state index in [-0.39, 0.29) is 17.9 Å². The number of hydrogen-bond donors (Lipinski definition) is 4. The van der Waals surface area contributed by atoms with Crippen LogP contribution in [0.5, 0.6) is 0 Å². The zero-order valence-corrected chi connectivity index (χ0v) is 12.6. The number of aliphatic hydroxyl groups is 1. The molecule has 1 aliphatic carbocycles. The number of carbonyl (C=O) groups excluding carboxylic acids is 2. The number of nitrogens with one attached hydrogen (secondary N) is 2. The first-order valence-corrected chi connectivity index (χ1v) is 8.01. The van der Waals surface area contributed by atoms with E-state index in [1.807, 2.05) is 0 Å². The van der Waals surface area contributed by atoms with E-state index < -0.39 is 11.5 Å². The highest BCUT2D eigenvalue weighted by molar-refractivity contribution is 5.82. The van der Waals surface area contributed by atoms with E-state index in [0.717, 1.165) is 45.1 Å². The molecule has 2 fully saturated rings. The Kier molecular flexibility index (Phi) is 5.58. The molecule has 2 rings (SSSR count). The summed E-state index contributed by atoms with van der Waals surface area (Å²) < 4.78 is 0. The molecule has 6 nitrogen and oxygen atoms in total. The molecule has 1 saturated carbocycles. The van der Waals surface area contributed by atoms with Crippen molar-refractivity contribution in [2.24, 2.45) is 11.1 Å². The Morgan fingerprint density at radius 2 is 2.00 bits per heavy atom. The Bertz CT molecular complexity index is 380. The third-order valence-electron chi connectivity index (χ3n) is 4.95. The Morgan fingerprint density at radius 1 is 1.29 bits per heavy atom. The van der Waals surface area contributed by atoms with Crippen molar-refractivity contribution in [3.8, 4) is 0 Å². The van der Waals surface area contributed by atoms with E-state index in [4.69, 9.17) is 5.73 Å². The number of β-amino-alcohol motifs (C(OH)–C–C–N with tert-alkyl or cyclic N) is 1. The maximum atomic E-state index is 12.1. The van der Waals surface area contributed by atoms with Crippen LogP contribution in [0.4, 0.5) is 0 Å². The molecule has 6 heteroatoms. The number of amides is 2. The molecule has 0 radical (unpaired) electrons. The molecular weight excluding hydrogens is 270 g/mol. The Hall–Kier alpha value is -1.14. The lowest BCUT2D eigenvalue weighted by Gasteiger charge is -2.26. The van der Waals surface area contributed by atoms with Crippen LogP contribution in [-0.2, 0) is 9.59 Å². The van der Waals surface area contributed by atoms with Gasteiger partial charge in [0.2, 0.25) is 11.8 Å². The summed E-state index contributed by atoms with van der Waals surface area (Å²) in [6.07, 6.45) is 5.61.